The van der Waals surface area contributed by atoms with Crippen LogP contribution in [0.2, 0.25) is 0 Å². The summed E-state index contributed by atoms with van der Waals surface area (Å²) in [6, 6.07) is 6.09. The lowest BCUT2D eigenvalue weighted by Crippen LogP contribution is -2.16. The maximum Gasteiger partial charge on any atom is 0.416 e. The van der Waals surface area contributed by atoms with Gasteiger partial charge in [-0.05, 0) is 36.4 Å². The van der Waals surface area contributed by atoms with Gasteiger partial charge in [0.2, 0.25) is 0 Å². The molecule has 0 saturated heterocycles. The maximum absolute atomic E-state index is 14.9. The van der Waals surface area contributed by atoms with Crippen LogP contribution in [0.5, 0.6) is 0 Å². The third-order valence-corrected chi connectivity index (χ3v) is 5.79. The van der Waals surface area contributed by atoms with E-state index in [0.717, 1.165) is 24.3 Å². The molecule has 0 fully saturated rings. The number of nitrogens with zero attached hydrogens (tertiary/aromatic N) is 2. The van der Waals surface area contributed by atoms with Crippen LogP contribution in [0.3, 0.4) is 0 Å². The van der Waals surface area contributed by atoms with Crippen LogP contribution in [0.4, 0.5) is 27.6 Å². The van der Waals surface area contributed by atoms with Gasteiger partial charge in [0.25, 0.3) is 10.0 Å². The van der Waals surface area contributed by atoms with Crippen molar-refractivity contribution in [3.8, 4) is 11.8 Å². The van der Waals surface area contributed by atoms with Crippen molar-refractivity contribution in [2.24, 2.45) is 0 Å². The molecule has 2 aromatic carbocycles. The lowest BCUT2D eigenvalue weighted by molar-refractivity contribution is -0.137. The topological polar surface area (TPSA) is 87.7 Å². The average molecular weight is 478 g/mol. The number of alkyl halides is 3. The summed E-state index contributed by atoms with van der Waals surface area (Å²) >= 11 is 0. The highest BCUT2D eigenvalue weighted by molar-refractivity contribution is 7.92. The predicted octanol–water partition coefficient (Wildman–Crippen LogP) is 4.46. The smallest absolute Gasteiger partial charge is 0.277 e. The van der Waals surface area contributed by atoms with Crippen molar-refractivity contribution in [3.63, 3.8) is 0 Å². The molecule has 12 heteroatoms. The van der Waals surface area contributed by atoms with Crippen LogP contribution in [0.15, 0.2) is 59.8 Å². The molecule has 0 aliphatic heterocycles. The number of sulfonamides is 1. The first-order valence-electron chi connectivity index (χ1n) is 9.04. The Morgan fingerprint density at radius 3 is 2.55 bits per heavy atom. The zero-order chi connectivity index (χ0) is 23.8. The Bertz CT molecular complexity index is 1540. The van der Waals surface area contributed by atoms with Crippen molar-refractivity contribution < 1.29 is 30.4 Å². The van der Waals surface area contributed by atoms with Crippen molar-refractivity contribution >= 4 is 26.7 Å². The molecule has 0 atom stereocenters. The molecule has 0 aliphatic rings. The van der Waals surface area contributed by atoms with Gasteiger partial charge < -0.3 is 0 Å². The lowest BCUT2D eigenvalue weighted by atomic mass is 10.1. The van der Waals surface area contributed by atoms with E-state index in [0.29, 0.717) is 28.7 Å². The van der Waals surface area contributed by atoms with Gasteiger partial charge in [-0.15, -0.1) is 0 Å². The van der Waals surface area contributed by atoms with Crippen LogP contribution >= 0.6 is 0 Å². The van der Waals surface area contributed by atoms with Crippen molar-refractivity contribution in [2.45, 2.75) is 11.1 Å². The molecule has 0 amide bonds. The molecule has 0 unspecified atom stereocenters. The molecular formula is C21H11F5N4O2S. The van der Waals surface area contributed by atoms with Gasteiger partial charge in [-0.2, -0.15) is 18.3 Å². The normalized spacial score (nSPS) is 11.8. The summed E-state index contributed by atoms with van der Waals surface area (Å²) < 4.78 is 94.6. The Balaban J connectivity index is 1.67. The van der Waals surface area contributed by atoms with Gasteiger partial charge in [-0.3, -0.25) is 9.82 Å². The molecule has 4 rings (SSSR count). The fraction of sp³-hybridized carbons (Fsp3) is 0.0476. The van der Waals surface area contributed by atoms with Crippen molar-refractivity contribution in [1.29, 1.82) is 0 Å². The number of rotatable bonds is 3. The Labute approximate surface area is 183 Å². The van der Waals surface area contributed by atoms with Gasteiger partial charge >= 0.3 is 6.18 Å². The fourth-order valence-corrected chi connectivity index (χ4v) is 3.93. The summed E-state index contributed by atoms with van der Waals surface area (Å²) in [4.78, 5) is 3.30. The number of hydrogen-bond acceptors (Lipinski definition) is 4. The number of hydrogen-bond donors (Lipinski definition) is 2. The molecule has 6 nitrogen and oxygen atoms in total. The fourth-order valence-electron chi connectivity index (χ4n) is 2.83. The molecule has 168 valence electrons. The van der Waals surface area contributed by atoms with E-state index in [-0.39, 0.29) is 0 Å². The van der Waals surface area contributed by atoms with E-state index in [4.69, 9.17) is 0 Å². The highest BCUT2D eigenvalue weighted by Gasteiger charge is 2.32. The predicted molar refractivity (Wildman–Crippen MR) is 108 cm³/mol. The molecule has 2 heterocycles. The average Bonchev–Trinajstić information content (AvgIpc) is 3.23. The Hall–Kier alpha value is -3.98. The van der Waals surface area contributed by atoms with Gasteiger partial charge in [0.05, 0.1) is 27.9 Å². The van der Waals surface area contributed by atoms with Gasteiger partial charge in [0.15, 0.2) is 11.5 Å². The second-order valence-electron chi connectivity index (χ2n) is 6.70. The molecule has 0 radical (unpaired) electrons. The number of fused-ring (bicyclic) bond motifs is 1. The Morgan fingerprint density at radius 1 is 1.00 bits per heavy atom. The van der Waals surface area contributed by atoms with Crippen LogP contribution in [0.1, 0.15) is 16.7 Å². The molecular weight excluding hydrogens is 467 g/mol. The van der Waals surface area contributed by atoms with Crippen molar-refractivity contribution in [3.05, 3.63) is 83.2 Å². The van der Waals surface area contributed by atoms with Crippen molar-refractivity contribution in [1.82, 2.24) is 15.2 Å². The summed E-state index contributed by atoms with van der Waals surface area (Å²) in [5, 5.41) is 7.05. The molecule has 2 aromatic heterocycles. The SMILES string of the molecule is O=S(=O)(Nc1ccc(F)c(C#Cc2cnc3[nH]ncc3c2)c1F)c1cccc(C(F)(F)F)c1. The van der Waals surface area contributed by atoms with E-state index in [9.17, 15) is 30.4 Å². The molecule has 33 heavy (non-hydrogen) atoms. The maximum atomic E-state index is 14.9. The molecule has 2 N–H and O–H groups in total. The number of aromatic amines is 1. The first-order valence-corrected chi connectivity index (χ1v) is 10.5. The number of nitrogens with one attached hydrogen (secondary N) is 2. The van der Waals surface area contributed by atoms with Gasteiger partial charge in [-0.1, -0.05) is 17.9 Å². The van der Waals surface area contributed by atoms with Crippen LogP contribution in [0.25, 0.3) is 11.0 Å². The number of anilines is 1. The minimum Gasteiger partial charge on any atom is -0.277 e. The molecule has 4 aromatic rings. The molecule has 0 aliphatic carbocycles. The first-order chi connectivity index (χ1) is 15.5. The van der Waals surface area contributed by atoms with Gasteiger partial charge in [-0.25, -0.2) is 22.2 Å². The van der Waals surface area contributed by atoms with Gasteiger partial charge in [0, 0.05) is 17.1 Å². The Kier molecular flexibility index (Phi) is 5.51. The van der Waals surface area contributed by atoms with E-state index in [2.05, 4.69) is 27.0 Å². The van der Waals surface area contributed by atoms with Crippen LogP contribution in [0, 0.1) is 23.5 Å². The minimum absolute atomic E-state index is 0.317. The number of benzene rings is 2. The van der Waals surface area contributed by atoms with E-state index in [1.54, 1.807) is 6.07 Å². The highest BCUT2D eigenvalue weighted by Crippen LogP contribution is 2.31. The van der Waals surface area contributed by atoms with E-state index >= 15 is 0 Å². The van der Waals surface area contributed by atoms with E-state index in [1.165, 1.54) is 12.4 Å². The highest BCUT2D eigenvalue weighted by atomic mass is 32.2. The largest absolute Gasteiger partial charge is 0.416 e. The monoisotopic (exact) mass is 478 g/mol. The summed E-state index contributed by atoms with van der Waals surface area (Å²) in [6.45, 7) is 0. The number of H-pyrrole nitrogens is 1. The van der Waals surface area contributed by atoms with Gasteiger partial charge in [0.1, 0.15) is 5.82 Å². The number of halogens is 5. The second kappa shape index (κ2) is 8.18. The Morgan fingerprint density at radius 2 is 1.79 bits per heavy atom. The molecule has 0 bridgehead atoms. The van der Waals surface area contributed by atoms with Crippen LogP contribution in [-0.2, 0) is 16.2 Å². The summed E-state index contributed by atoms with van der Waals surface area (Å²) in [5.74, 6) is 2.45. The van der Waals surface area contributed by atoms with Crippen molar-refractivity contribution in [2.75, 3.05) is 4.72 Å². The summed E-state index contributed by atoms with van der Waals surface area (Å²) in [6.07, 6.45) is -1.94. The number of aromatic nitrogens is 3. The lowest BCUT2D eigenvalue weighted by Gasteiger charge is -2.12. The summed E-state index contributed by atoms with van der Waals surface area (Å²) in [5.41, 5.74) is -1.80. The summed E-state index contributed by atoms with van der Waals surface area (Å²) in [7, 11) is -4.61. The quantitative estimate of drug-likeness (QED) is 0.336. The van der Waals surface area contributed by atoms with Crippen LogP contribution in [-0.4, -0.2) is 23.6 Å². The molecule has 0 spiro atoms. The molecule has 0 saturated carbocycles. The van der Waals surface area contributed by atoms with E-state index < -0.39 is 49.5 Å². The van der Waals surface area contributed by atoms with E-state index in [1.807, 2.05) is 4.72 Å². The third-order valence-electron chi connectivity index (χ3n) is 4.43. The standard InChI is InChI=1S/C21H11F5N4O2S/c22-17-6-7-18(30-33(31,32)15-3-1-2-14(9-15)21(24,25)26)19(23)16(17)5-4-12-8-13-11-28-29-20(13)27-10-12/h1-3,6-11,30H,(H,27,28,29). The number of pyridine rings is 1. The second-order valence-corrected chi connectivity index (χ2v) is 8.38. The third kappa shape index (κ3) is 4.63. The zero-order valence-corrected chi connectivity index (χ0v) is 17.0. The first kappa shape index (κ1) is 22.2. The van der Waals surface area contributed by atoms with Crippen LogP contribution < -0.4 is 4.72 Å². The minimum atomic E-state index is -4.77. The zero-order valence-electron chi connectivity index (χ0n) is 16.2.